The molecule has 1 aliphatic heterocycles. The molecule has 0 bridgehead atoms. The Morgan fingerprint density at radius 1 is 1.43 bits per heavy atom. The molecule has 0 saturated carbocycles. The largest absolute Gasteiger partial charge is 0.399 e. The first-order chi connectivity index (χ1) is 6.74. The molecule has 1 heterocycles. The lowest BCUT2D eigenvalue weighted by atomic mass is 10.3. The highest BCUT2D eigenvalue weighted by atomic mass is 32.2. The van der Waals surface area contributed by atoms with E-state index in [-0.39, 0.29) is 5.82 Å². The van der Waals surface area contributed by atoms with Gasteiger partial charge in [-0.25, -0.2) is 4.39 Å². The van der Waals surface area contributed by atoms with Gasteiger partial charge in [-0.05, 0) is 24.6 Å². The van der Waals surface area contributed by atoms with Gasteiger partial charge in [0.05, 0.1) is 6.61 Å². The smallest absolute Gasteiger partial charge is 0.126 e. The number of ether oxygens (including phenoxy) is 1. The summed E-state index contributed by atoms with van der Waals surface area (Å²) in [5.41, 5.74) is 6.03. The quantitative estimate of drug-likeness (QED) is 0.765. The Morgan fingerprint density at radius 3 is 2.93 bits per heavy atom. The number of nitrogens with two attached hydrogens (primary N) is 1. The number of anilines is 1. The topological polar surface area (TPSA) is 35.2 Å². The molecule has 4 heteroatoms. The Labute approximate surface area is 86.6 Å². The molecule has 14 heavy (non-hydrogen) atoms. The normalized spacial score (nSPS) is 21.4. The molecular formula is C10H12FNOS. The molecule has 0 aromatic heterocycles. The summed E-state index contributed by atoms with van der Waals surface area (Å²) in [5.74, 6) is -0.272. The summed E-state index contributed by atoms with van der Waals surface area (Å²) in [4.78, 5) is 0.887. The van der Waals surface area contributed by atoms with E-state index >= 15 is 0 Å². The summed E-state index contributed by atoms with van der Waals surface area (Å²) < 4.78 is 18.2. The molecule has 1 aromatic rings. The summed E-state index contributed by atoms with van der Waals surface area (Å²) in [7, 11) is 0. The number of nitrogen functional groups attached to an aromatic ring is 1. The van der Waals surface area contributed by atoms with Gasteiger partial charge in [-0.15, -0.1) is 11.8 Å². The second-order valence-electron chi connectivity index (χ2n) is 3.32. The van der Waals surface area contributed by atoms with Crippen LogP contribution in [-0.2, 0) is 4.74 Å². The first kappa shape index (κ1) is 9.80. The van der Waals surface area contributed by atoms with Crippen molar-refractivity contribution >= 4 is 17.4 Å². The molecule has 2 nitrogen and oxygen atoms in total. The predicted molar refractivity (Wildman–Crippen MR) is 55.9 cm³/mol. The molecule has 0 aliphatic carbocycles. The van der Waals surface area contributed by atoms with Gasteiger partial charge in [-0.3, -0.25) is 0 Å². The fourth-order valence-corrected chi connectivity index (χ4v) is 2.60. The third-order valence-corrected chi connectivity index (χ3v) is 3.30. The van der Waals surface area contributed by atoms with Crippen LogP contribution in [0, 0.1) is 5.82 Å². The lowest BCUT2D eigenvalue weighted by Gasteiger charge is -2.07. The standard InChI is InChI=1S/C10H12FNOS/c11-7-3-8(12)5-10(4-7)14-9-1-2-13-6-9/h3-5,9H,1-2,6,12H2. The minimum absolute atomic E-state index is 0.272. The van der Waals surface area contributed by atoms with Gasteiger partial charge in [0.25, 0.3) is 0 Å². The fraction of sp³-hybridized carbons (Fsp3) is 0.400. The van der Waals surface area contributed by atoms with Crippen molar-refractivity contribution in [2.24, 2.45) is 0 Å². The van der Waals surface area contributed by atoms with Crippen LogP contribution in [0.5, 0.6) is 0 Å². The number of thioether (sulfide) groups is 1. The Hall–Kier alpha value is -0.740. The van der Waals surface area contributed by atoms with Crippen LogP contribution in [0.2, 0.25) is 0 Å². The summed E-state index contributed by atoms with van der Waals surface area (Å²) in [5, 5.41) is 0.441. The van der Waals surface area contributed by atoms with Crippen LogP contribution in [-0.4, -0.2) is 18.5 Å². The SMILES string of the molecule is Nc1cc(F)cc(SC2CCOC2)c1. The third-order valence-electron chi connectivity index (χ3n) is 2.08. The van der Waals surface area contributed by atoms with E-state index in [1.165, 1.54) is 12.1 Å². The Bertz CT molecular complexity index is 306. The molecule has 76 valence electrons. The lowest BCUT2D eigenvalue weighted by molar-refractivity contribution is 0.199. The molecular weight excluding hydrogens is 201 g/mol. The van der Waals surface area contributed by atoms with Crippen LogP contribution in [0.15, 0.2) is 23.1 Å². The van der Waals surface area contributed by atoms with Crippen molar-refractivity contribution in [1.82, 2.24) is 0 Å². The molecule has 1 aliphatic rings. The highest BCUT2D eigenvalue weighted by molar-refractivity contribution is 8.00. The zero-order valence-electron chi connectivity index (χ0n) is 7.70. The number of rotatable bonds is 2. The summed E-state index contributed by atoms with van der Waals surface area (Å²) in [6.07, 6.45) is 1.03. The zero-order valence-corrected chi connectivity index (χ0v) is 8.52. The van der Waals surface area contributed by atoms with Crippen LogP contribution in [0.1, 0.15) is 6.42 Å². The molecule has 0 radical (unpaired) electrons. The van der Waals surface area contributed by atoms with E-state index in [9.17, 15) is 4.39 Å². The Balaban J connectivity index is 2.07. The average molecular weight is 213 g/mol. The molecule has 1 fully saturated rings. The van der Waals surface area contributed by atoms with Gasteiger partial charge in [-0.2, -0.15) is 0 Å². The molecule has 2 N–H and O–H groups in total. The fourth-order valence-electron chi connectivity index (χ4n) is 1.45. The van der Waals surface area contributed by atoms with Gasteiger partial charge in [-0.1, -0.05) is 0 Å². The van der Waals surface area contributed by atoms with E-state index in [1.807, 2.05) is 0 Å². The highest BCUT2D eigenvalue weighted by Gasteiger charge is 2.17. The van der Waals surface area contributed by atoms with Crippen LogP contribution in [0.25, 0.3) is 0 Å². The molecule has 0 amide bonds. The average Bonchev–Trinajstić information content (AvgIpc) is 2.54. The summed E-state index contributed by atoms with van der Waals surface area (Å²) in [6, 6.07) is 4.64. The second-order valence-corrected chi connectivity index (χ2v) is 4.70. The van der Waals surface area contributed by atoms with E-state index in [1.54, 1.807) is 17.8 Å². The minimum atomic E-state index is -0.272. The van der Waals surface area contributed by atoms with Crippen LogP contribution in [0.4, 0.5) is 10.1 Å². The number of benzene rings is 1. The minimum Gasteiger partial charge on any atom is -0.399 e. The van der Waals surface area contributed by atoms with Crippen LogP contribution in [0.3, 0.4) is 0 Å². The maximum atomic E-state index is 13.0. The van der Waals surface area contributed by atoms with Crippen molar-refractivity contribution in [3.05, 3.63) is 24.0 Å². The number of hydrogen-bond acceptors (Lipinski definition) is 3. The molecule has 1 saturated heterocycles. The Kier molecular flexibility index (Phi) is 2.93. The van der Waals surface area contributed by atoms with E-state index in [4.69, 9.17) is 10.5 Å². The van der Waals surface area contributed by atoms with Gasteiger partial charge in [0.1, 0.15) is 5.82 Å². The molecule has 1 atom stereocenters. The van der Waals surface area contributed by atoms with Crippen LogP contribution < -0.4 is 5.73 Å². The van der Waals surface area contributed by atoms with Crippen molar-refractivity contribution in [2.45, 2.75) is 16.6 Å². The number of hydrogen-bond donors (Lipinski definition) is 1. The van der Waals surface area contributed by atoms with Gasteiger partial charge in [0.2, 0.25) is 0 Å². The van der Waals surface area contributed by atoms with Crippen molar-refractivity contribution in [2.75, 3.05) is 18.9 Å². The Morgan fingerprint density at radius 2 is 2.29 bits per heavy atom. The van der Waals surface area contributed by atoms with E-state index in [0.29, 0.717) is 10.9 Å². The monoisotopic (exact) mass is 213 g/mol. The predicted octanol–water partition coefficient (Wildman–Crippen LogP) is 2.29. The number of halogens is 1. The van der Waals surface area contributed by atoms with Crippen molar-refractivity contribution in [3.63, 3.8) is 0 Å². The lowest BCUT2D eigenvalue weighted by Crippen LogP contribution is -2.00. The van der Waals surface area contributed by atoms with Crippen molar-refractivity contribution in [3.8, 4) is 0 Å². The van der Waals surface area contributed by atoms with E-state index in [0.717, 1.165) is 24.5 Å². The molecule has 2 rings (SSSR count). The van der Waals surface area contributed by atoms with Crippen molar-refractivity contribution in [1.29, 1.82) is 0 Å². The molecule has 0 spiro atoms. The zero-order chi connectivity index (χ0) is 9.97. The van der Waals surface area contributed by atoms with E-state index < -0.39 is 0 Å². The van der Waals surface area contributed by atoms with Gasteiger partial charge in [0, 0.05) is 22.4 Å². The summed E-state index contributed by atoms with van der Waals surface area (Å²) in [6.45, 7) is 1.56. The molecule has 1 aromatic carbocycles. The van der Waals surface area contributed by atoms with Crippen molar-refractivity contribution < 1.29 is 9.13 Å². The first-order valence-corrected chi connectivity index (χ1v) is 5.42. The second kappa shape index (κ2) is 4.19. The maximum absolute atomic E-state index is 13.0. The third kappa shape index (κ3) is 2.39. The highest BCUT2D eigenvalue weighted by Crippen LogP contribution is 2.30. The van der Waals surface area contributed by atoms with Gasteiger partial charge in [0.15, 0.2) is 0 Å². The van der Waals surface area contributed by atoms with E-state index in [2.05, 4.69) is 0 Å². The molecule has 1 unspecified atom stereocenters. The first-order valence-electron chi connectivity index (χ1n) is 4.54. The van der Waals surface area contributed by atoms with Crippen LogP contribution >= 0.6 is 11.8 Å². The maximum Gasteiger partial charge on any atom is 0.126 e. The summed E-state index contributed by atoms with van der Waals surface area (Å²) >= 11 is 1.63. The van der Waals surface area contributed by atoms with Gasteiger partial charge < -0.3 is 10.5 Å². The van der Waals surface area contributed by atoms with Gasteiger partial charge >= 0.3 is 0 Å².